The molecule has 18 heteroatoms. The van der Waals surface area contributed by atoms with Crippen molar-refractivity contribution in [1.29, 1.82) is 0 Å². The summed E-state index contributed by atoms with van der Waals surface area (Å²) in [4.78, 5) is 0. The number of hydrogen-bond donors (Lipinski definition) is 4. The van der Waals surface area contributed by atoms with Gasteiger partial charge in [-0.1, -0.05) is 6.08 Å². The Balaban J connectivity index is 4.01. The van der Waals surface area contributed by atoms with Crippen molar-refractivity contribution in [3.05, 3.63) is 12.7 Å². The number of unbranched alkanes of at least 4 members (excludes halogenated alkanes) is 1. The Labute approximate surface area is 246 Å². The first-order valence-electron chi connectivity index (χ1n) is 13.5. The van der Waals surface area contributed by atoms with E-state index < -0.39 is 69.9 Å². The number of alkyl halides is 6. The van der Waals surface area contributed by atoms with Crippen LogP contribution in [0.1, 0.15) is 25.7 Å². The molecule has 4 N–H and O–H groups in total. The minimum Gasteiger partial charge on any atom is -0.394 e. The largest absolute Gasteiger partial charge is 0.495 e. The maximum atomic E-state index is 13.6. The van der Waals surface area contributed by atoms with Crippen molar-refractivity contribution in [1.82, 2.24) is 0 Å². The van der Waals surface area contributed by atoms with E-state index in [4.69, 9.17) is 24.1 Å². The molecule has 43 heavy (non-hydrogen) atoms. The van der Waals surface area contributed by atoms with E-state index in [0.717, 1.165) is 19.3 Å². The fourth-order valence-corrected chi connectivity index (χ4v) is 2.93. The zero-order valence-corrected chi connectivity index (χ0v) is 23.9. The molecule has 0 amide bonds. The van der Waals surface area contributed by atoms with E-state index in [0.29, 0.717) is 19.6 Å². The van der Waals surface area contributed by atoms with Crippen molar-refractivity contribution in [3.8, 4) is 0 Å². The van der Waals surface area contributed by atoms with Gasteiger partial charge in [0.2, 0.25) is 0 Å². The molecule has 0 saturated heterocycles. The lowest BCUT2D eigenvalue weighted by Gasteiger charge is -2.26. The number of ether oxygens (including phenoxy) is 8. The van der Waals surface area contributed by atoms with Gasteiger partial charge in [-0.3, -0.25) is 0 Å². The second-order valence-corrected chi connectivity index (χ2v) is 9.07. The lowest BCUT2D eigenvalue weighted by Crippen LogP contribution is -2.44. The third-order valence-electron chi connectivity index (χ3n) is 4.78. The van der Waals surface area contributed by atoms with Crippen LogP contribution in [-0.4, -0.2) is 143 Å². The second kappa shape index (κ2) is 24.1. The van der Waals surface area contributed by atoms with E-state index in [1.54, 1.807) is 6.08 Å². The van der Waals surface area contributed by atoms with Gasteiger partial charge < -0.3 is 48.8 Å². The average molecular weight is 651 g/mol. The van der Waals surface area contributed by atoms with Crippen LogP contribution in [0.5, 0.6) is 0 Å². The molecule has 0 heterocycles. The molecule has 0 aromatic rings. The van der Waals surface area contributed by atoms with Crippen molar-refractivity contribution >= 4 is 0 Å². The van der Waals surface area contributed by atoms with Gasteiger partial charge in [0, 0.05) is 13.2 Å². The Kier molecular flexibility index (Phi) is 23.5. The molecule has 0 aliphatic rings. The van der Waals surface area contributed by atoms with Gasteiger partial charge >= 0.3 is 18.5 Å². The lowest BCUT2D eigenvalue weighted by molar-refractivity contribution is -0.518. The van der Waals surface area contributed by atoms with Crippen LogP contribution in [0.4, 0.5) is 26.3 Å². The zero-order valence-electron chi connectivity index (χ0n) is 23.9. The maximum Gasteiger partial charge on any atom is 0.495 e. The summed E-state index contributed by atoms with van der Waals surface area (Å²) in [5.41, 5.74) is 0. The number of aliphatic hydroxyl groups excluding tert-OH is 4. The lowest BCUT2D eigenvalue weighted by atomic mass is 10.2. The highest BCUT2D eigenvalue weighted by molar-refractivity contribution is 4.64. The van der Waals surface area contributed by atoms with Crippen LogP contribution in [-0.2, 0) is 37.9 Å². The first-order valence-corrected chi connectivity index (χ1v) is 13.5. The molecular formula is C25H44F6O12. The topological polar surface area (TPSA) is 155 Å². The van der Waals surface area contributed by atoms with Crippen LogP contribution >= 0.6 is 0 Å². The molecular weight excluding hydrogens is 606 g/mol. The molecule has 12 nitrogen and oxygen atoms in total. The first kappa shape index (κ1) is 41.8. The highest BCUT2D eigenvalue weighted by Crippen LogP contribution is 2.33. The summed E-state index contributed by atoms with van der Waals surface area (Å²) < 4.78 is 116. The van der Waals surface area contributed by atoms with Crippen LogP contribution in [0.15, 0.2) is 12.7 Å². The quantitative estimate of drug-likeness (QED) is 0.0374. The van der Waals surface area contributed by atoms with Gasteiger partial charge in [-0.15, -0.1) is 15.4 Å². The predicted molar refractivity (Wildman–Crippen MR) is 136 cm³/mol. The molecule has 0 radical (unpaired) electrons. The van der Waals surface area contributed by atoms with Crippen molar-refractivity contribution in [2.45, 2.75) is 62.5 Å². The van der Waals surface area contributed by atoms with E-state index in [9.17, 15) is 41.7 Å². The van der Waals surface area contributed by atoms with Gasteiger partial charge in [-0.2, -0.15) is 17.6 Å². The van der Waals surface area contributed by atoms with Crippen LogP contribution in [0.3, 0.4) is 0 Å². The zero-order chi connectivity index (χ0) is 32.6. The number of rotatable bonds is 31. The number of halogens is 6. The Morgan fingerprint density at radius 2 is 1.09 bits per heavy atom. The number of hydrogen-bond acceptors (Lipinski definition) is 12. The molecule has 0 rings (SSSR count). The van der Waals surface area contributed by atoms with Crippen LogP contribution < -0.4 is 0 Å². The highest BCUT2D eigenvalue weighted by atomic mass is 19.3. The molecule has 0 aliphatic heterocycles. The summed E-state index contributed by atoms with van der Waals surface area (Å²) in [6.45, 7) is -1.93. The Morgan fingerprint density at radius 3 is 1.70 bits per heavy atom. The molecule has 258 valence electrons. The molecule has 3 atom stereocenters. The molecule has 0 bridgehead atoms. The first-order chi connectivity index (χ1) is 20.2. The second-order valence-electron chi connectivity index (χ2n) is 9.07. The third-order valence-corrected chi connectivity index (χ3v) is 4.78. The number of aliphatic hydroxyl groups is 4. The molecule has 0 spiro atoms. The van der Waals surface area contributed by atoms with Gasteiger partial charge in [0.25, 0.3) is 0 Å². The Morgan fingerprint density at radius 1 is 0.581 bits per heavy atom. The minimum atomic E-state index is -5.45. The monoisotopic (exact) mass is 650 g/mol. The Hall–Kier alpha value is -1.16. The van der Waals surface area contributed by atoms with E-state index in [2.05, 4.69) is 25.5 Å². The summed E-state index contributed by atoms with van der Waals surface area (Å²) in [6.07, 6.45) is -13.8. The predicted octanol–water partition coefficient (Wildman–Crippen LogP) is 1.68. The van der Waals surface area contributed by atoms with E-state index in [1.165, 1.54) is 0 Å². The summed E-state index contributed by atoms with van der Waals surface area (Å²) in [5, 5.41) is 37.5. The van der Waals surface area contributed by atoms with Crippen LogP contribution in [0.2, 0.25) is 0 Å². The average Bonchev–Trinajstić information content (AvgIpc) is 2.88. The molecule has 0 aromatic heterocycles. The van der Waals surface area contributed by atoms with Gasteiger partial charge in [-0.05, 0) is 25.7 Å². The van der Waals surface area contributed by atoms with E-state index in [-0.39, 0.29) is 39.6 Å². The third kappa shape index (κ3) is 26.9. The van der Waals surface area contributed by atoms with Gasteiger partial charge in [0.15, 0.2) is 0 Å². The van der Waals surface area contributed by atoms with Crippen molar-refractivity contribution in [3.63, 3.8) is 0 Å². The maximum absolute atomic E-state index is 13.6. The summed E-state index contributed by atoms with van der Waals surface area (Å²) >= 11 is 0. The molecule has 3 unspecified atom stereocenters. The van der Waals surface area contributed by atoms with Crippen LogP contribution in [0, 0.1) is 0 Å². The minimum absolute atomic E-state index is 0.0233. The fourth-order valence-electron chi connectivity index (χ4n) is 2.93. The Bertz CT molecular complexity index is 681. The summed E-state index contributed by atoms with van der Waals surface area (Å²) in [6, 6.07) is 0. The van der Waals surface area contributed by atoms with Crippen molar-refractivity contribution < 1.29 is 84.7 Å². The molecule has 0 aliphatic carbocycles. The summed E-state index contributed by atoms with van der Waals surface area (Å²) in [5.74, 6) is 0. The van der Waals surface area contributed by atoms with Crippen molar-refractivity contribution in [2.75, 3.05) is 85.9 Å². The van der Waals surface area contributed by atoms with Gasteiger partial charge in [-0.25, -0.2) is 9.47 Å². The molecule has 0 saturated carbocycles. The molecule has 0 aromatic carbocycles. The van der Waals surface area contributed by atoms with Gasteiger partial charge in [0.1, 0.15) is 25.4 Å². The van der Waals surface area contributed by atoms with E-state index >= 15 is 0 Å². The SMILES string of the molecule is C=CCCOCCCCC(O)COCC(O)COCCOCC(F)(F)OC(F)(F)OC(F)(F)COCC(O)COCCO. The smallest absolute Gasteiger partial charge is 0.394 e. The van der Waals surface area contributed by atoms with Gasteiger partial charge in [0.05, 0.1) is 65.6 Å². The fraction of sp³-hybridized carbons (Fsp3) is 0.920. The standard InChI is InChI=1S/C25H44F6O12/c1-2-3-8-36-9-5-4-6-20(33)13-40-16-21(34)15-38-11-12-39-18-23(26,27)42-25(30,31)43-24(28,29)19-41-17-22(35)14-37-10-7-32/h2,20-22,32-35H,1,3-19H2. The van der Waals surface area contributed by atoms with Crippen molar-refractivity contribution in [2.24, 2.45) is 0 Å². The van der Waals surface area contributed by atoms with E-state index in [1.807, 2.05) is 0 Å². The molecule has 0 fully saturated rings. The highest BCUT2D eigenvalue weighted by Gasteiger charge is 2.52. The normalized spacial score (nSPS) is 15.0. The van der Waals surface area contributed by atoms with Crippen LogP contribution in [0.25, 0.3) is 0 Å². The summed E-state index contributed by atoms with van der Waals surface area (Å²) in [7, 11) is 0.